The maximum Gasteiger partial charge on any atom is 0.191 e. The van der Waals surface area contributed by atoms with Crippen molar-refractivity contribution in [2.75, 3.05) is 45.4 Å². The lowest BCUT2D eigenvalue weighted by molar-refractivity contribution is 0.154. The van der Waals surface area contributed by atoms with Gasteiger partial charge in [-0.15, -0.1) is 0 Å². The molecular formula is C18H29N3O3S. The number of aliphatic imine (C=N–C) groups is 1. The van der Waals surface area contributed by atoms with E-state index in [0.29, 0.717) is 13.2 Å². The summed E-state index contributed by atoms with van der Waals surface area (Å²) in [6, 6.07) is 10.6. The van der Waals surface area contributed by atoms with Crippen molar-refractivity contribution in [3.05, 3.63) is 35.9 Å². The highest BCUT2D eigenvalue weighted by Crippen LogP contribution is 2.43. The fraction of sp³-hybridized carbons (Fsp3) is 0.611. The molecule has 140 valence electrons. The number of ether oxygens (including phenoxy) is 1. The highest BCUT2D eigenvalue weighted by atomic mass is 32.2. The Labute approximate surface area is 151 Å². The number of guanidine groups is 1. The van der Waals surface area contributed by atoms with Crippen LogP contribution in [0.4, 0.5) is 0 Å². The third-order valence-corrected chi connectivity index (χ3v) is 5.56. The number of nitrogens with zero attached hydrogens (tertiary/aromatic N) is 1. The molecule has 7 heteroatoms. The van der Waals surface area contributed by atoms with Gasteiger partial charge in [0.2, 0.25) is 0 Å². The number of nitrogens with one attached hydrogen (secondary N) is 2. The molecule has 0 saturated heterocycles. The predicted octanol–water partition coefficient (Wildman–Crippen LogP) is 1.33. The largest absolute Gasteiger partial charge is 0.379 e. The molecule has 1 aromatic rings. The van der Waals surface area contributed by atoms with E-state index in [1.165, 1.54) is 31.1 Å². The van der Waals surface area contributed by atoms with Crippen molar-refractivity contribution in [3.63, 3.8) is 0 Å². The first-order chi connectivity index (χ1) is 12.0. The van der Waals surface area contributed by atoms with Gasteiger partial charge < -0.3 is 15.4 Å². The summed E-state index contributed by atoms with van der Waals surface area (Å²) in [4.78, 5) is 4.24. The first kappa shape index (κ1) is 19.7. The van der Waals surface area contributed by atoms with Crippen LogP contribution in [0.15, 0.2) is 35.3 Å². The predicted molar refractivity (Wildman–Crippen MR) is 102 cm³/mol. The maximum absolute atomic E-state index is 11.0. The van der Waals surface area contributed by atoms with Crippen LogP contribution in [-0.4, -0.2) is 59.7 Å². The highest BCUT2D eigenvalue weighted by Gasteiger charge is 2.38. The summed E-state index contributed by atoms with van der Waals surface area (Å²) >= 11 is 0. The van der Waals surface area contributed by atoms with E-state index >= 15 is 0 Å². The van der Waals surface area contributed by atoms with Gasteiger partial charge in [-0.05, 0) is 18.4 Å². The van der Waals surface area contributed by atoms with Crippen LogP contribution >= 0.6 is 0 Å². The van der Waals surface area contributed by atoms with E-state index < -0.39 is 9.84 Å². The minimum atomic E-state index is -2.96. The molecule has 25 heavy (non-hydrogen) atoms. The molecule has 1 aliphatic carbocycles. The van der Waals surface area contributed by atoms with Gasteiger partial charge in [-0.3, -0.25) is 4.99 Å². The van der Waals surface area contributed by atoms with Crippen molar-refractivity contribution >= 4 is 15.8 Å². The summed E-state index contributed by atoms with van der Waals surface area (Å²) < 4.78 is 27.4. The second-order valence-corrected chi connectivity index (χ2v) is 8.85. The standard InChI is InChI=1S/C18H29N3O3S/c1-19-17(20-11-12-24-13-14-25(2,22)23)21-15-18(9-6-10-18)16-7-4-3-5-8-16/h3-5,7-8H,6,9-15H2,1-2H3,(H2,19,20,21). The Bertz CT molecular complexity index is 655. The topological polar surface area (TPSA) is 79.8 Å². The van der Waals surface area contributed by atoms with Gasteiger partial charge in [-0.25, -0.2) is 8.42 Å². The molecule has 0 unspecified atom stereocenters. The van der Waals surface area contributed by atoms with E-state index in [1.807, 2.05) is 6.07 Å². The molecule has 0 spiro atoms. The molecule has 2 N–H and O–H groups in total. The van der Waals surface area contributed by atoms with Gasteiger partial charge in [-0.1, -0.05) is 36.8 Å². The van der Waals surface area contributed by atoms with Crippen LogP contribution in [0.1, 0.15) is 24.8 Å². The smallest absolute Gasteiger partial charge is 0.191 e. The van der Waals surface area contributed by atoms with E-state index in [4.69, 9.17) is 4.74 Å². The molecule has 2 rings (SSSR count). The van der Waals surface area contributed by atoms with Crippen LogP contribution in [-0.2, 0) is 20.0 Å². The fourth-order valence-electron chi connectivity index (χ4n) is 2.99. The Morgan fingerprint density at radius 1 is 1.20 bits per heavy atom. The minimum absolute atomic E-state index is 0.0551. The van der Waals surface area contributed by atoms with Crippen LogP contribution < -0.4 is 10.6 Å². The first-order valence-electron chi connectivity index (χ1n) is 8.71. The molecular weight excluding hydrogens is 338 g/mol. The van der Waals surface area contributed by atoms with Crippen LogP contribution in [0.25, 0.3) is 0 Å². The molecule has 0 amide bonds. The van der Waals surface area contributed by atoms with Crippen LogP contribution in [0, 0.1) is 0 Å². The normalized spacial score (nSPS) is 17.0. The fourth-order valence-corrected chi connectivity index (χ4v) is 3.41. The quantitative estimate of drug-likeness (QED) is 0.391. The SMILES string of the molecule is CN=C(NCCOCCS(C)(=O)=O)NCC1(c2ccccc2)CCC1. The number of hydrogen-bond acceptors (Lipinski definition) is 4. The average molecular weight is 368 g/mol. The van der Waals surface area contributed by atoms with Crippen molar-refractivity contribution in [3.8, 4) is 0 Å². The molecule has 0 aliphatic heterocycles. The van der Waals surface area contributed by atoms with E-state index in [9.17, 15) is 8.42 Å². The molecule has 1 saturated carbocycles. The summed E-state index contributed by atoms with van der Waals surface area (Å²) in [7, 11) is -1.22. The Morgan fingerprint density at radius 2 is 1.92 bits per heavy atom. The number of sulfone groups is 1. The second-order valence-electron chi connectivity index (χ2n) is 6.59. The van der Waals surface area contributed by atoms with Crippen LogP contribution in [0.5, 0.6) is 0 Å². The molecule has 0 atom stereocenters. The third kappa shape index (κ3) is 6.32. The van der Waals surface area contributed by atoms with Crippen molar-refractivity contribution < 1.29 is 13.2 Å². The number of benzene rings is 1. The van der Waals surface area contributed by atoms with E-state index in [2.05, 4.69) is 39.9 Å². The maximum atomic E-state index is 11.0. The number of hydrogen-bond donors (Lipinski definition) is 2. The van der Waals surface area contributed by atoms with Crippen molar-refractivity contribution in [2.45, 2.75) is 24.7 Å². The Morgan fingerprint density at radius 3 is 2.48 bits per heavy atom. The highest BCUT2D eigenvalue weighted by molar-refractivity contribution is 7.90. The second kappa shape index (κ2) is 9.20. The molecule has 0 heterocycles. The van der Waals surface area contributed by atoms with Gasteiger partial charge in [0.25, 0.3) is 0 Å². The lowest BCUT2D eigenvalue weighted by atomic mass is 9.64. The Balaban J connectivity index is 1.71. The first-order valence-corrected chi connectivity index (χ1v) is 10.8. The van der Waals surface area contributed by atoms with E-state index in [-0.39, 0.29) is 17.8 Å². The lowest BCUT2D eigenvalue weighted by Gasteiger charge is -2.43. The Kier molecular flexibility index (Phi) is 7.25. The molecule has 1 fully saturated rings. The summed E-state index contributed by atoms with van der Waals surface area (Å²) in [6.07, 6.45) is 4.85. The van der Waals surface area contributed by atoms with Gasteiger partial charge in [0.05, 0.1) is 19.0 Å². The zero-order valence-corrected chi connectivity index (χ0v) is 15.9. The minimum Gasteiger partial charge on any atom is -0.379 e. The molecule has 6 nitrogen and oxygen atoms in total. The molecule has 0 radical (unpaired) electrons. The van der Waals surface area contributed by atoms with E-state index in [0.717, 1.165) is 12.5 Å². The van der Waals surface area contributed by atoms with Crippen molar-refractivity contribution in [2.24, 2.45) is 4.99 Å². The number of rotatable bonds is 9. The Hall–Kier alpha value is -1.60. The zero-order valence-electron chi connectivity index (χ0n) is 15.1. The molecule has 0 aromatic heterocycles. The van der Waals surface area contributed by atoms with Crippen molar-refractivity contribution in [1.29, 1.82) is 0 Å². The summed E-state index contributed by atoms with van der Waals surface area (Å²) in [5.41, 5.74) is 1.58. The monoisotopic (exact) mass is 367 g/mol. The molecule has 0 bridgehead atoms. The van der Waals surface area contributed by atoms with Crippen LogP contribution in [0.2, 0.25) is 0 Å². The third-order valence-electron chi connectivity index (χ3n) is 4.65. The van der Waals surface area contributed by atoms with Crippen molar-refractivity contribution in [1.82, 2.24) is 10.6 Å². The average Bonchev–Trinajstić information content (AvgIpc) is 2.55. The van der Waals surface area contributed by atoms with Gasteiger partial charge in [0, 0.05) is 31.8 Å². The van der Waals surface area contributed by atoms with Crippen LogP contribution in [0.3, 0.4) is 0 Å². The van der Waals surface area contributed by atoms with Gasteiger partial charge in [0.15, 0.2) is 5.96 Å². The van der Waals surface area contributed by atoms with E-state index in [1.54, 1.807) is 7.05 Å². The summed E-state index contributed by atoms with van der Waals surface area (Å²) in [5, 5.41) is 6.62. The molecule has 1 aliphatic rings. The summed E-state index contributed by atoms with van der Waals surface area (Å²) in [5.74, 6) is 0.799. The summed E-state index contributed by atoms with van der Waals surface area (Å²) in [6.45, 7) is 2.11. The zero-order chi connectivity index (χ0) is 18.2. The van der Waals surface area contributed by atoms with Gasteiger partial charge in [-0.2, -0.15) is 0 Å². The lowest BCUT2D eigenvalue weighted by Crippen LogP contribution is -2.49. The molecule has 1 aromatic carbocycles. The van der Waals surface area contributed by atoms with Gasteiger partial charge in [0.1, 0.15) is 9.84 Å². The van der Waals surface area contributed by atoms with Gasteiger partial charge >= 0.3 is 0 Å².